The van der Waals surface area contributed by atoms with Gasteiger partial charge in [-0.05, 0) is 38.5 Å². The third-order valence-corrected chi connectivity index (χ3v) is 4.16. The largest absolute Gasteiger partial charge is 0.465 e. The van der Waals surface area contributed by atoms with Gasteiger partial charge in [0.25, 0.3) is 0 Å². The number of esters is 1. The quantitative estimate of drug-likeness (QED) is 0.788. The van der Waals surface area contributed by atoms with E-state index in [1.165, 1.54) is 19.2 Å². The van der Waals surface area contributed by atoms with Gasteiger partial charge in [-0.1, -0.05) is 6.07 Å². The van der Waals surface area contributed by atoms with Gasteiger partial charge in [-0.15, -0.1) is 12.4 Å². The molecule has 0 spiro atoms. The SMILES string of the molecule is COC(=O)c1ccc(C)c(S(=O)(=O)NCC(C)(C)N)c1.Cl. The lowest BCUT2D eigenvalue weighted by atomic mass is 10.1. The molecule has 1 rings (SSSR count). The van der Waals surface area contributed by atoms with Crippen LogP contribution < -0.4 is 10.5 Å². The minimum Gasteiger partial charge on any atom is -0.465 e. The number of carbonyl (C=O) groups is 1. The zero-order chi connectivity index (χ0) is 15.6. The molecule has 0 aliphatic rings. The monoisotopic (exact) mass is 336 g/mol. The number of aryl methyl sites for hydroxylation is 1. The van der Waals surface area contributed by atoms with Crippen molar-refractivity contribution in [2.24, 2.45) is 5.73 Å². The minimum absolute atomic E-state index is 0. The first-order valence-electron chi connectivity index (χ1n) is 6.04. The molecule has 3 N–H and O–H groups in total. The first-order valence-corrected chi connectivity index (χ1v) is 7.53. The van der Waals surface area contributed by atoms with E-state index >= 15 is 0 Å². The van der Waals surface area contributed by atoms with E-state index in [0.29, 0.717) is 5.56 Å². The molecule has 21 heavy (non-hydrogen) atoms. The standard InChI is InChI=1S/C13H20N2O4S.ClH/c1-9-5-6-10(12(16)19-4)7-11(9)20(17,18)15-8-13(2,3)14;/h5-7,15H,8,14H2,1-4H3;1H. The summed E-state index contributed by atoms with van der Waals surface area (Å²) < 4.78 is 31.5. The number of carbonyl (C=O) groups excluding carboxylic acids is 1. The Labute approximate surface area is 131 Å². The van der Waals surface area contributed by atoms with Crippen molar-refractivity contribution in [3.8, 4) is 0 Å². The van der Waals surface area contributed by atoms with E-state index in [2.05, 4.69) is 9.46 Å². The van der Waals surface area contributed by atoms with Gasteiger partial charge in [-0.3, -0.25) is 0 Å². The van der Waals surface area contributed by atoms with Gasteiger partial charge in [-0.2, -0.15) is 0 Å². The summed E-state index contributed by atoms with van der Waals surface area (Å²) in [4.78, 5) is 11.5. The van der Waals surface area contributed by atoms with Gasteiger partial charge in [0.1, 0.15) is 0 Å². The van der Waals surface area contributed by atoms with Crippen LogP contribution in [0.2, 0.25) is 0 Å². The lowest BCUT2D eigenvalue weighted by Crippen LogP contribution is -2.45. The molecule has 0 heterocycles. The molecule has 0 aliphatic heterocycles. The highest BCUT2D eigenvalue weighted by molar-refractivity contribution is 7.89. The molecule has 0 saturated heterocycles. The van der Waals surface area contributed by atoms with Gasteiger partial charge in [0.05, 0.1) is 17.6 Å². The van der Waals surface area contributed by atoms with Gasteiger partial charge >= 0.3 is 5.97 Å². The van der Waals surface area contributed by atoms with Crippen molar-refractivity contribution < 1.29 is 17.9 Å². The zero-order valence-corrected chi connectivity index (χ0v) is 14.1. The molecular formula is C13H21ClN2O4S. The third kappa shape index (κ3) is 5.62. The molecule has 0 unspecified atom stereocenters. The van der Waals surface area contributed by atoms with E-state index in [1.807, 2.05) is 0 Å². The van der Waals surface area contributed by atoms with Gasteiger partial charge in [-0.25, -0.2) is 17.9 Å². The van der Waals surface area contributed by atoms with Gasteiger partial charge in [0.2, 0.25) is 10.0 Å². The van der Waals surface area contributed by atoms with Crippen LogP contribution in [-0.4, -0.2) is 33.6 Å². The number of benzene rings is 1. The first kappa shape index (κ1) is 19.9. The van der Waals surface area contributed by atoms with Gasteiger partial charge in [0, 0.05) is 12.1 Å². The maximum atomic E-state index is 12.2. The Morgan fingerprint density at radius 3 is 2.43 bits per heavy atom. The summed E-state index contributed by atoms with van der Waals surface area (Å²) in [7, 11) is -2.48. The number of halogens is 1. The van der Waals surface area contributed by atoms with Crippen molar-refractivity contribution in [1.82, 2.24) is 4.72 Å². The Bertz CT molecular complexity index is 609. The number of hydrogen-bond acceptors (Lipinski definition) is 5. The second-order valence-corrected chi connectivity index (χ2v) is 7.02. The molecule has 6 nitrogen and oxygen atoms in total. The number of nitrogens with one attached hydrogen (secondary N) is 1. The molecule has 0 amide bonds. The molecule has 8 heteroatoms. The highest BCUT2D eigenvalue weighted by Crippen LogP contribution is 2.18. The van der Waals surface area contributed by atoms with E-state index in [0.717, 1.165) is 0 Å². The number of rotatable bonds is 5. The van der Waals surface area contributed by atoms with Gasteiger partial charge in [0.15, 0.2) is 0 Å². The Morgan fingerprint density at radius 2 is 1.95 bits per heavy atom. The second-order valence-electron chi connectivity index (χ2n) is 5.28. The Morgan fingerprint density at radius 1 is 1.38 bits per heavy atom. The summed E-state index contributed by atoms with van der Waals surface area (Å²) in [5.74, 6) is -0.583. The smallest absolute Gasteiger partial charge is 0.337 e. The van der Waals surface area contributed by atoms with Crippen LogP contribution in [0.1, 0.15) is 29.8 Å². The molecule has 0 fully saturated rings. The highest BCUT2D eigenvalue weighted by Gasteiger charge is 2.22. The summed E-state index contributed by atoms with van der Waals surface area (Å²) in [5.41, 5.74) is 5.82. The Hall–Kier alpha value is -1.15. The summed E-state index contributed by atoms with van der Waals surface area (Å²) in [6.45, 7) is 5.18. The molecule has 0 aliphatic carbocycles. The zero-order valence-electron chi connectivity index (χ0n) is 12.5. The topological polar surface area (TPSA) is 98.5 Å². The van der Waals surface area contributed by atoms with Crippen molar-refractivity contribution in [3.63, 3.8) is 0 Å². The van der Waals surface area contributed by atoms with Crippen LogP contribution in [0.3, 0.4) is 0 Å². The second kappa shape index (κ2) is 7.22. The van der Waals surface area contributed by atoms with Crippen LogP contribution in [0.4, 0.5) is 0 Å². The van der Waals surface area contributed by atoms with Crippen LogP contribution in [0.5, 0.6) is 0 Å². The maximum Gasteiger partial charge on any atom is 0.337 e. The van der Waals surface area contributed by atoms with Crippen LogP contribution in [0, 0.1) is 6.92 Å². The fourth-order valence-corrected chi connectivity index (χ4v) is 2.98. The summed E-state index contributed by atoms with van der Waals surface area (Å²) in [6, 6.07) is 4.38. The average molecular weight is 337 g/mol. The van der Waals surface area contributed by atoms with Crippen LogP contribution in [0.15, 0.2) is 23.1 Å². The van der Waals surface area contributed by atoms with Crippen molar-refractivity contribution in [2.75, 3.05) is 13.7 Å². The number of hydrogen-bond donors (Lipinski definition) is 2. The molecule has 0 aromatic heterocycles. The van der Waals surface area contributed by atoms with Crippen LogP contribution >= 0.6 is 12.4 Å². The van der Waals surface area contributed by atoms with Crippen LogP contribution in [0.25, 0.3) is 0 Å². The Kier molecular flexibility index (Phi) is 6.82. The molecule has 0 bridgehead atoms. The minimum atomic E-state index is -3.73. The maximum absolute atomic E-state index is 12.2. The number of sulfonamides is 1. The van der Waals surface area contributed by atoms with E-state index in [9.17, 15) is 13.2 Å². The van der Waals surface area contributed by atoms with E-state index in [4.69, 9.17) is 5.73 Å². The lowest BCUT2D eigenvalue weighted by Gasteiger charge is -2.19. The summed E-state index contributed by atoms with van der Waals surface area (Å²) >= 11 is 0. The number of ether oxygens (including phenoxy) is 1. The molecule has 1 aromatic rings. The molecule has 0 radical (unpaired) electrons. The predicted octanol–water partition coefficient (Wildman–Crippen LogP) is 1.22. The molecule has 0 saturated carbocycles. The normalized spacial score (nSPS) is 11.7. The van der Waals surface area contributed by atoms with E-state index in [-0.39, 0.29) is 29.4 Å². The first-order chi connectivity index (χ1) is 9.07. The van der Waals surface area contributed by atoms with Crippen molar-refractivity contribution in [2.45, 2.75) is 31.2 Å². The Balaban J connectivity index is 0.00000400. The number of methoxy groups -OCH3 is 1. The molecule has 1 aromatic carbocycles. The van der Waals surface area contributed by atoms with Crippen LogP contribution in [-0.2, 0) is 14.8 Å². The lowest BCUT2D eigenvalue weighted by molar-refractivity contribution is 0.0600. The highest BCUT2D eigenvalue weighted by atomic mass is 35.5. The number of nitrogens with two attached hydrogens (primary N) is 1. The summed E-state index contributed by atoms with van der Waals surface area (Å²) in [5, 5.41) is 0. The third-order valence-electron chi connectivity index (χ3n) is 2.62. The van der Waals surface area contributed by atoms with Crippen molar-refractivity contribution in [1.29, 1.82) is 0 Å². The average Bonchev–Trinajstić information content (AvgIpc) is 2.35. The molecule has 120 valence electrons. The van der Waals surface area contributed by atoms with Crippen molar-refractivity contribution >= 4 is 28.4 Å². The van der Waals surface area contributed by atoms with E-state index < -0.39 is 21.5 Å². The predicted molar refractivity (Wildman–Crippen MR) is 83.2 cm³/mol. The molecular weight excluding hydrogens is 316 g/mol. The fraction of sp³-hybridized carbons (Fsp3) is 0.462. The van der Waals surface area contributed by atoms with Gasteiger partial charge < -0.3 is 10.5 Å². The van der Waals surface area contributed by atoms with E-state index in [1.54, 1.807) is 26.8 Å². The molecule has 0 atom stereocenters. The fourth-order valence-electron chi connectivity index (χ4n) is 1.49. The summed E-state index contributed by atoms with van der Waals surface area (Å²) in [6.07, 6.45) is 0. The van der Waals surface area contributed by atoms with Crippen molar-refractivity contribution in [3.05, 3.63) is 29.3 Å².